The summed E-state index contributed by atoms with van der Waals surface area (Å²) >= 11 is 0. The largest absolute Gasteiger partial charge is 0.444 e. The van der Waals surface area contributed by atoms with Gasteiger partial charge in [0.2, 0.25) is 17.7 Å². The second-order valence-corrected chi connectivity index (χ2v) is 13.8. The summed E-state index contributed by atoms with van der Waals surface area (Å²) in [6, 6.07) is 4.34. The molecule has 1 aromatic rings. The fourth-order valence-corrected chi connectivity index (χ4v) is 5.58. The van der Waals surface area contributed by atoms with Crippen molar-refractivity contribution < 1.29 is 28.7 Å². The molecule has 0 aromatic heterocycles. The monoisotopic (exact) mass is 609 g/mol. The maximum Gasteiger partial charge on any atom is 0.410 e. The maximum absolute atomic E-state index is 14.2. The first-order chi connectivity index (χ1) is 20.4. The highest BCUT2D eigenvalue weighted by Crippen LogP contribution is 2.31. The summed E-state index contributed by atoms with van der Waals surface area (Å²) in [6.45, 7) is 12.2. The number of carbonyl (C=O) groups is 5. The van der Waals surface area contributed by atoms with Crippen LogP contribution in [0.3, 0.4) is 0 Å². The average molecular weight is 610 g/mol. The lowest BCUT2D eigenvalue weighted by Crippen LogP contribution is -2.60. The Morgan fingerprint density at radius 3 is 2.34 bits per heavy atom. The van der Waals surface area contributed by atoms with Gasteiger partial charge in [0, 0.05) is 19.6 Å². The molecule has 1 heterocycles. The molecule has 11 heteroatoms. The zero-order valence-electron chi connectivity index (χ0n) is 27.2. The second-order valence-electron chi connectivity index (χ2n) is 13.8. The molecule has 2 aliphatic rings. The van der Waals surface area contributed by atoms with Crippen LogP contribution in [0.1, 0.15) is 84.9 Å². The number of nitrogens with one attached hydrogen (secondary N) is 3. The molecule has 1 aliphatic heterocycles. The minimum Gasteiger partial charge on any atom is -0.444 e. The molecular formula is C33H47N5O6. The van der Waals surface area contributed by atoms with Gasteiger partial charge in [-0.1, -0.05) is 45.0 Å². The van der Waals surface area contributed by atoms with Gasteiger partial charge in [-0.3, -0.25) is 24.1 Å². The van der Waals surface area contributed by atoms with E-state index in [9.17, 15) is 24.0 Å². The lowest BCUT2D eigenvalue weighted by atomic mass is 9.85. The van der Waals surface area contributed by atoms with Crippen LogP contribution in [0.5, 0.6) is 0 Å². The fourth-order valence-electron chi connectivity index (χ4n) is 5.58. The Hall–Kier alpha value is -4.07. The Kier molecular flexibility index (Phi) is 10.7. The van der Waals surface area contributed by atoms with E-state index < -0.39 is 59.0 Å². The van der Waals surface area contributed by atoms with E-state index in [1.54, 1.807) is 48.5 Å². The van der Waals surface area contributed by atoms with Crippen molar-refractivity contribution in [3.8, 4) is 12.3 Å². The number of nitrogens with zero attached hydrogens (tertiary/aromatic N) is 2. The van der Waals surface area contributed by atoms with E-state index in [4.69, 9.17) is 11.2 Å². The Morgan fingerprint density at radius 1 is 1.07 bits per heavy atom. The number of terminal acetylenes is 1. The molecule has 1 fully saturated rings. The molecule has 3 rings (SSSR count). The third-order valence-corrected chi connectivity index (χ3v) is 8.08. The first-order valence-electron chi connectivity index (χ1n) is 15.1. The minimum atomic E-state index is -1.04. The molecule has 5 amide bonds. The van der Waals surface area contributed by atoms with Crippen LogP contribution >= 0.6 is 0 Å². The molecule has 5 atom stereocenters. The number of hydrogen-bond acceptors (Lipinski definition) is 6. The number of amides is 5. The van der Waals surface area contributed by atoms with E-state index in [1.807, 2.05) is 24.1 Å². The maximum atomic E-state index is 14.2. The van der Waals surface area contributed by atoms with Crippen LogP contribution in [0.4, 0.5) is 4.79 Å². The van der Waals surface area contributed by atoms with Gasteiger partial charge in [0.05, 0.1) is 6.04 Å². The lowest BCUT2D eigenvalue weighted by Gasteiger charge is -2.37. The summed E-state index contributed by atoms with van der Waals surface area (Å²) < 4.78 is 5.39. The molecular weight excluding hydrogens is 562 g/mol. The fraction of sp³-hybridized carbons (Fsp3) is 0.606. The molecule has 0 radical (unpaired) electrons. The Labute approximate surface area is 260 Å². The molecule has 1 aliphatic carbocycles. The number of carbonyl (C=O) groups excluding carboxylic acids is 5. The van der Waals surface area contributed by atoms with Crippen molar-refractivity contribution in [2.75, 3.05) is 13.6 Å². The van der Waals surface area contributed by atoms with Crippen molar-refractivity contribution in [3.63, 3.8) is 0 Å². The molecule has 1 aromatic carbocycles. The summed E-state index contributed by atoms with van der Waals surface area (Å²) in [5, 5.41) is 8.67. The van der Waals surface area contributed by atoms with Crippen LogP contribution in [-0.4, -0.2) is 82.9 Å². The number of aryl methyl sites for hydroxylation is 1. The topological polar surface area (TPSA) is 137 Å². The Balaban J connectivity index is 1.84. The molecule has 1 unspecified atom stereocenters. The number of hydrogen-bond donors (Lipinski definition) is 3. The summed E-state index contributed by atoms with van der Waals surface area (Å²) in [4.78, 5) is 68.7. The zero-order chi connectivity index (χ0) is 33.0. The molecule has 240 valence electrons. The van der Waals surface area contributed by atoms with E-state index >= 15 is 0 Å². The van der Waals surface area contributed by atoms with E-state index in [2.05, 4.69) is 22.0 Å². The van der Waals surface area contributed by atoms with Gasteiger partial charge in [0.15, 0.2) is 0 Å². The number of ether oxygens (including phenoxy) is 1. The summed E-state index contributed by atoms with van der Waals surface area (Å²) in [6.07, 6.45) is 7.39. The van der Waals surface area contributed by atoms with Crippen molar-refractivity contribution in [3.05, 3.63) is 35.4 Å². The quantitative estimate of drug-likeness (QED) is 0.407. The third-order valence-electron chi connectivity index (χ3n) is 8.08. The van der Waals surface area contributed by atoms with Crippen LogP contribution in [0.2, 0.25) is 0 Å². The second kappa shape index (κ2) is 13.7. The predicted octanol–water partition coefficient (Wildman–Crippen LogP) is 2.69. The first-order valence-corrected chi connectivity index (χ1v) is 15.1. The highest BCUT2D eigenvalue weighted by Gasteiger charge is 2.46. The van der Waals surface area contributed by atoms with Gasteiger partial charge in [0.25, 0.3) is 5.91 Å². The zero-order valence-corrected chi connectivity index (χ0v) is 27.2. The van der Waals surface area contributed by atoms with Crippen LogP contribution in [0.15, 0.2) is 24.3 Å². The molecule has 0 bridgehead atoms. The number of likely N-dealkylation sites (tertiary alicyclic amines) is 1. The highest BCUT2D eigenvalue weighted by molar-refractivity contribution is 5.96. The molecule has 44 heavy (non-hydrogen) atoms. The molecule has 11 nitrogen and oxygen atoms in total. The van der Waals surface area contributed by atoms with Gasteiger partial charge in [-0.2, -0.15) is 0 Å². The SMILES string of the molecule is C#CC(=O)N[C@H]1CC(C(=O)N[C@@H]2CCCc3ccccc32)N(C(=O)[C@@H](NC(=O)[C@H](C)N(C)C(=O)OC(C)(C)C)C(C)(C)C)C1. The van der Waals surface area contributed by atoms with Crippen LogP contribution in [0, 0.1) is 17.8 Å². The van der Waals surface area contributed by atoms with Crippen molar-refractivity contribution in [1.82, 2.24) is 25.8 Å². The van der Waals surface area contributed by atoms with Gasteiger partial charge in [-0.15, -0.1) is 6.42 Å². The highest BCUT2D eigenvalue weighted by atomic mass is 16.6. The first kappa shape index (κ1) is 34.4. The lowest BCUT2D eigenvalue weighted by molar-refractivity contribution is -0.144. The van der Waals surface area contributed by atoms with E-state index in [-0.39, 0.29) is 24.9 Å². The van der Waals surface area contributed by atoms with Gasteiger partial charge in [-0.05, 0) is 75.8 Å². The standard InChI is InChI=1S/C33H47N5O6/c1-10-26(39)34-22-18-25(29(41)35-24-17-13-15-21-14-11-12-16-23(21)24)38(19-22)30(42)27(32(3,4)5)36-28(40)20(2)37(9)31(43)44-33(6,7)8/h1,11-12,14,16,20,22,24-25,27H,13,15,17-19H2,2-9H3,(H,34,39)(H,35,41)(H,36,40)/t20-,22-,24+,25?,27+/m0/s1. The summed E-state index contributed by atoms with van der Waals surface area (Å²) in [5.74, 6) is 0.0237. The van der Waals surface area contributed by atoms with Gasteiger partial charge < -0.3 is 25.6 Å². The van der Waals surface area contributed by atoms with Crippen molar-refractivity contribution in [2.45, 2.75) is 110 Å². The van der Waals surface area contributed by atoms with E-state index in [0.717, 1.165) is 24.8 Å². The van der Waals surface area contributed by atoms with Crippen LogP contribution in [0.25, 0.3) is 0 Å². The van der Waals surface area contributed by atoms with Gasteiger partial charge in [-0.25, -0.2) is 4.79 Å². The van der Waals surface area contributed by atoms with E-state index in [1.165, 1.54) is 22.4 Å². The van der Waals surface area contributed by atoms with Gasteiger partial charge in [0.1, 0.15) is 23.7 Å². The summed E-state index contributed by atoms with van der Waals surface area (Å²) in [5.41, 5.74) is 0.731. The number of benzene rings is 1. The number of rotatable bonds is 7. The molecule has 0 saturated carbocycles. The molecule has 3 N–H and O–H groups in total. The van der Waals surface area contributed by atoms with E-state index in [0.29, 0.717) is 0 Å². The van der Waals surface area contributed by atoms with Crippen LogP contribution in [-0.2, 0) is 30.3 Å². The predicted molar refractivity (Wildman–Crippen MR) is 166 cm³/mol. The third kappa shape index (κ3) is 8.52. The Bertz CT molecular complexity index is 1310. The normalized spacial score (nSPS) is 21.2. The van der Waals surface area contributed by atoms with Crippen molar-refractivity contribution in [1.29, 1.82) is 0 Å². The van der Waals surface area contributed by atoms with Gasteiger partial charge >= 0.3 is 6.09 Å². The number of fused-ring (bicyclic) bond motifs is 1. The minimum absolute atomic E-state index is 0.0431. The van der Waals surface area contributed by atoms with Crippen molar-refractivity contribution in [2.24, 2.45) is 5.41 Å². The average Bonchev–Trinajstić information content (AvgIpc) is 3.37. The summed E-state index contributed by atoms with van der Waals surface area (Å²) in [7, 11) is 1.45. The Morgan fingerprint density at radius 2 is 1.73 bits per heavy atom. The van der Waals surface area contributed by atoms with Crippen molar-refractivity contribution >= 4 is 29.7 Å². The molecule has 1 saturated heterocycles. The number of likely N-dealkylation sites (N-methyl/N-ethyl adjacent to an activating group) is 1. The van der Waals surface area contributed by atoms with Crippen LogP contribution < -0.4 is 16.0 Å². The molecule has 0 spiro atoms. The smallest absolute Gasteiger partial charge is 0.410 e.